The minimum Gasteiger partial charge on any atom is -0.507 e. The maximum absolute atomic E-state index is 12.7. The summed E-state index contributed by atoms with van der Waals surface area (Å²) in [5.74, 6) is 0.0895. The van der Waals surface area contributed by atoms with Gasteiger partial charge in [-0.3, -0.25) is 0 Å². The van der Waals surface area contributed by atoms with E-state index in [1.807, 2.05) is 13.0 Å². The molecule has 140 valence electrons. The second-order valence-electron chi connectivity index (χ2n) is 7.07. The molecule has 1 N–H and O–H groups in total. The number of alkyl halides is 3. The number of hydrogen-bond acceptors (Lipinski definition) is 4. The zero-order chi connectivity index (χ0) is 18.9. The predicted octanol–water partition coefficient (Wildman–Crippen LogP) is 4.06. The van der Waals surface area contributed by atoms with Crippen LogP contribution in [0.4, 0.5) is 13.2 Å². The van der Waals surface area contributed by atoms with Crippen molar-refractivity contribution >= 4 is 0 Å². The SMILES string of the molecule is Cc1cc(C[C@@H]2CCCN(C)C2)nnc1-c1ccc(C(F)(F)F)cc1O. The molecule has 2 aromatic rings. The molecular formula is C19H22F3N3O. The number of nitrogens with zero attached hydrogens (tertiary/aromatic N) is 3. The van der Waals surface area contributed by atoms with Crippen LogP contribution in [0.15, 0.2) is 24.3 Å². The third kappa shape index (κ3) is 4.15. The number of benzene rings is 1. The summed E-state index contributed by atoms with van der Waals surface area (Å²) in [4.78, 5) is 2.31. The fourth-order valence-electron chi connectivity index (χ4n) is 3.55. The van der Waals surface area contributed by atoms with Crippen LogP contribution < -0.4 is 0 Å². The zero-order valence-corrected chi connectivity index (χ0v) is 14.8. The van der Waals surface area contributed by atoms with Crippen molar-refractivity contribution in [1.29, 1.82) is 0 Å². The van der Waals surface area contributed by atoms with Crippen LogP contribution in [0.2, 0.25) is 0 Å². The van der Waals surface area contributed by atoms with E-state index in [0.717, 1.165) is 49.3 Å². The lowest BCUT2D eigenvalue weighted by Gasteiger charge is -2.29. The molecule has 1 fully saturated rings. The number of piperidine rings is 1. The molecule has 1 atom stereocenters. The molecule has 2 heterocycles. The van der Waals surface area contributed by atoms with Gasteiger partial charge >= 0.3 is 6.18 Å². The van der Waals surface area contributed by atoms with Gasteiger partial charge in [-0.25, -0.2) is 0 Å². The molecule has 0 amide bonds. The Hall–Kier alpha value is -2.15. The summed E-state index contributed by atoms with van der Waals surface area (Å²) in [6.45, 7) is 3.98. The number of aromatic hydroxyl groups is 1. The van der Waals surface area contributed by atoms with Crippen LogP contribution in [0.25, 0.3) is 11.3 Å². The lowest BCUT2D eigenvalue weighted by molar-refractivity contribution is -0.137. The molecule has 4 nitrogen and oxygen atoms in total. The summed E-state index contributed by atoms with van der Waals surface area (Å²) >= 11 is 0. The number of halogens is 3. The summed E-state index contributed by atoms with van der Waals surface area (Å²) in [7, 11) is 2.11. The summed E-state index contributed by atoms with van der Waals surface area (Å²) in [6, 6.07) is 4.82. The highest BCUT2D eigenvalue weighted by atomic mass is 19.4. The van der Waals surface area contributed by atoms with Crippen molar-refractivity contribution in [2.75, 3.05) is 20.1 Å². The van der Waals surface area contributed by atoms with Gasteiger partial charge in [0.1, 0.15) is 5.75 Å². The molecule has 1 aromatic heterocycles. The van der Waals surface area contributed by atoms with Crippen molar-refractivity contribution in [3.63, 3.8) is 0 Å². The van der Waals surface area contributed by atoms with Gasteiger partial charge in [0.05, 0.1) is 17.0 Å². The van der Waals surface area contributed by atoms with Gasteiger partial charge in [0, 0.05) is 12.1 Å². The van der Waals surface area contributed by atoms with Crippen molar-refractivity contribution in [1.82, 2.24) is 15.1 Å². The highest BCUT2D eigenvalue weighted by Crippen LogP contribution is 2.36. The van der Waals surface area contributed by atoms with Crippen LogP contribution in [0.5, 0.6) is 5.75 Å². The van der Waals surface area contributed by atoms with Crippen LogP contribution in [-0.2, 0) is 12.6 Å². The molecule has 1 saturated heterocycles. The molecule has 1 aliphatic heterocycles. The average Bonchev–Trinajstić information content (AvgIpc) is 2.55. The van der Waals surface area contributed by atoms with Gasteiger partial charge in [-0.1, -0.05) is 0 Å². The van der Waals surface area contributed by atoms with E-state index in [4.69, 9.17) is 0 Å². The summed E-state index contributed by atoms with van der Waals surface area (Å²) in [5.41, 5.74) is 1.43. The van der Waals surface area contributed by atoms with E-state index in [0.29, 0.717) is 11.6 Å². The van der Waals surface area contributed by atoms with Crippen LogP contribution in [0.3, 0.4) is 0 Å². The lowest BCUT2D eigenvalue weighted by atomic mass is 9.93. The molecule has 0 bridgehead atoms. The Labute approximate surface area is 150 Å². The molecule has 26 heavy (non-hydrogen) atoms. The van der Waals surface area contributed by atoms with Crippen LogP contribution in [0, 0.1) is 12.8 Å². The van der Waals surface area contributed by atoms with Gasteiger partial charge in [-0.2, -0.15) is 18.3 Å². The smallest absolute Gasteiger partial charge is 0.416 e. The number of aryl methyl sites for hydroxylation is 1. The van der Waals surface area contributed by atoms with Crippen molar-refractivity contribution in [3.05, 3.63) is 41.1 Å². The normalized spacial score (nSPS) is 18.9. The van der Waals surface area contributed by atoms with Gasteiger partial charge in [-0.15, -0.1) is 5.10 Å². The minimum absolute atomic E-state index is 0.256. The van der Waals surface area contributed by atoms with Crippen LogP contribution >= 0.6 is 0 Å². The third-order valence-electron chi connectivity index (χ3n) is 4.84. The first kappa shape index (κ1) is 18.6. The van der Waals surface area contributed by atoms with Crippen LogP contribution in [-0.4, -0.2) is 40.3 Å². The first-order valence-electron chi connectivity index (χ1n) is 8.66. The van der Waals surface area contributed by atoms with E-state index in [1.165, 1.54) is 12.5 Å². The molecule has 0 unspecified atom stereocenters. The number of rotatable bonds is 3. The Morgan fingerprint density at radius 3 is 2.62 bits per heavy atom. The quantitative estimate of drug-likeness (QED) is 0.891. The average molecular weight is 365 g/mol. The topological polar surface area (TPSA) is 49.2 Å². The monoisotopic (exact) mass is 365 g/mol. The Morgan fingerprint density at radius 2 is 2.00 bits per heavy atom. The van der Waals surface area contributed by atoms with Crippen molar-refractivity contribution in [2.24, 2.45) is 5.92 Å². The molecule has 0 radical (unpaired) electrons. The molecule has 3 rings (SSSR count). The Balaban J connectivity index is 1.81. The van der Waals surface area contributed by atoms with E-state index < -0.39 is 17.5 Å². The van der Waals surface area contributed by atoms with Crippen LogP contribution in [0.1, 0.15) is 29.7 Å². The standard InChI is InChI=1S/C19H22F3N3O/c1-12-8-15(9-13-4-3-7-25(2)11-13)23-24-18(12)16-6-5-14(10-17(16)26)19(20,21)22/h5-6,8,10,13,26H,3-4,7,9,11H2,1-2H3/t13-/m0/s1. The number of phenols is 1. The second-order valence-corrected chi connectivity index (χ2v) is 7.07. The van der Waals surface area contributed by atoms with E-state index in [2.05, 4.69) is 22.1 Å². The van der Waals surface area contributed by atoms with Gasteiger partial charge in [0.15, 0.2) is 0 Å². The zero-order valence-electron chi connectivity index (χ0n) is 14.8. The van der Waals surface area contributed by atoms with Gasteiger partial charge < -0.3 is 10.0 Å². The maximum atomic E-state index is 12.7. The maximum Gasteiger partial charge on any atom is 0.416 e. The van der Waals surface area contributed by atoms with Gasteiger partial charge in [-0.05, 0) is 75.5 Å². The lowest BCUT2D eigenvalue weighted by Crippen LogP contribution is -2.33. The number of phenolic OH excluding ortho intramolecular Hbond substituents is 1. The molecule has 1 aromatic carbocycles. The second kappa shape index (κ2) is 7.23. The van der Waals surface area contributed by atoms with E-state index in [-0.39, 0.29) is 5.56 Å². The van der Waals surface area contributed by atoms with Gasteiger partial charge in [0.25, 0.3) is 0 Å². The molecule has 7 heteroatoms. The fourth-order valence-corrected chi connectivity index (χ4v) is 3.55. The fraction of sp³-hybridized carbons (Fsp3) is 0.474. The molecule has 0 spiro atoms. The van der Waals surface area contributed by atoms with E-state index >= 15 is 0 Å². The number of likely N-dealkylation sites (tertiary alicyclic amines) is 1. The third-order valence-corrected chi connectivity index (χ3v) is 4.84. The minimum atomic E-state index is -4.49. The molecule has 1 aliphatic rings. The van der Waals surface area contributed by atoms with Crippen molar-refractivity contribution < 1.29 is 18.3 Å². The Bertz CT molecular complexity index is 792. The summed E-state index contributed by atoms with van der Waals surface area (Å²) in [5, 5.41) is 18.4. The largest absolute Gasteiger partial charge is 0.507 e. The molecular weight excluding hydrogens is 343 g/mol. The van der Waals surface area contributed by atoms with Gasteiger partial charge in [0.2, 0.25) is 0 Å². The highest BCUT2D eigenvalue weighted by molar-refractivity contribution is 5.69. The summed E-state index contributed by atoms with van der Waals surface area (Å²) < 4.78 is 38.2. The Kier molecular flexibility index (Phi) is 5.18. The number of hydrogen-bond donors (Lipinski definition) is 1. The van der Waals surface area contributed by atoms with Crippen molar-refractivity contribution in [3.8, 4) is 17.0 Å². The molecule has 0 aliphatic carbocycles. The van der Waals surface area contributed by atoms with E-state index in [1.54, 1.807) is 0 Å². The first-order valence-corrected chi connectivity index (χ1v) is 8.66. The summed E-state index contributed by atoms with van der Waals surface area (Å²) in [6.07, 6.45) is -1.33. The Morgan fingerprint density at radius 1 is 1.23 bits per heavy atom. The first-order chi connectivity index (χ1) is 12.2. The van der Waals surface area contributed by atoms with Crippen molar-refractivity contribution in [2.45, 2.75) is 32.4 Å². The predicted molar refractivity (Wildman–Crippen MR) is 92.8 cm³/mol. The number of aromatic nitrogens is 2. The highest BCUT2D eigenvalue weighted by Gasteiger charge is 2.31. The molecule has 0 saturated carbocycles. The van der Waals surface area contributed by atoms with E-state index in [9.17, 15) is 18.3 Å².